The van der Waals surface area contributed by atoms with Gasteiger partial charge in [-0.1, -0.05) is 30.4 Å². The zero-order valence-corrected chi connectivity index (χ0v) is 13.3. The Hall–Kier alpha value is -3.16. The number of hydrogen-bond donors (Lipinski definition) is 0. The molecule has 8 nitrogen and oxygen atoms in total. The van der Waals surface area contributed by atoms with Gasteiger partial charge < -0.3 is 0 Å². The van der Waals surface area contributed by atoms with Crippen LogP contribution in [0.3, 0.4) is 0 Å². The van der Waals surface area contributed by atoms with Crippen molar-refractivity contribution in [1.82, 2.24) is 13.9 Å². The number of nitrogens with zero attached hydrogens (tertiary/aromatic N) is 4. The van der Waals surface area contributed by atoms with Gasteiger partial charge in [-0.25, -0.2) is 28.4 Å². The first kappa shape index (κ1) is 14.2. The van der Waals surface area contributed by atoms with Crippen LogP contribution in [0.5, 0.6) is 0 Å². The van der Waals surface area contributed by atoms with Crippen LogP contribution in [0.2, 0.25) is 0 Å². The molecule has 0 radical (unpaired) electrons. The van der Waals surface area contributed by atoms with E-state index in [1.165, 1.54) is 21.3 Å². The van der Waals surface area contributed by atoms with Crippen LogP contribution in [-0.2, 0) is 16.6 Å². The summed E-state index contributed by atoms with van der Waals surface area (Å²) in [6.07, 6.45) is 3.51. The Morgan fingerprint density at radius 2 is 1.24 bits per heavy atom. The van der Waals surface area contributed by atoms with Crippen LogP contribution in [0.1, 0.15) is 12.1 Å². The molecule has 126 valence electrons. The third kappa shape index (κ3) is 1.52. The summed E-state index contributed by atoms with van der Waals surface area (Å²) in [5, 5.41) is 0. The van der Waals surface area contributed by atoms with Gasteiger partial charge in [-0.2, -0.15) is 0 Å². The van der Waals surface area contributed by atoms with E-state index in [0.717, 1.165) is 4.57 Å². The molecule has 8 heteroatoms. The van der Waals surface area contributed by atoms with Crippen molar-refractivity contribution in [3.05, 3.63) is 63.5 Å². The Morgan fingerprint density at radius 3 is 1.72 bits per heavy atom. The molecule has 25 heavy (non-hydrogen) atoms. The minimum Gasteiger partial charge on any atom is -0.274 e. The molecule has 2 unspecified atom stereocenters. The minimum absolute atomic E-state index is 0.324. The number of hydrogen-bond acceptors (Lipinski definition) is 4. The highest BCUT2D eigenvalue weighted by atomic mass is 16.2. The zero-order valence-electron chi connectivity index (χ0n) is 13.3. The van der Waals surface area contributed by atoms with E-state index in [0.29, 0.717) is 5.69 Å². The standard InChI is InChI=1S/C17H14N4O4/c1-18-16(24)20-10-7-8-11(21(20)17(18)25)13-12(10)14(22)19(15(13)23)9-5-3-2-4-6-9/h2-8,10-13H,1H3/t10-,11?,12+,13?/m1/s1. The Bertz CT molecular complexity index is 1010. The van der Waals surface area contributed by atoms with Crippen LogP contribution in [0.15, 0.2) is 52.1 Å². The number of carbonyl (C=O) groups is 2. The van der Waals surface area contributed by atoms with Crippen LogP contribution in [-0.4, -0.2) is 25.7 Å². The molecule has 2 aromatic rings. The molecule has 4 heterocycles. The van der Waals surface area contributed by atoms with Gasteiger partial charge >= 0.3 is 11.4 Å². The summed E-state index contributed by atoms with van der Waals surface area (Å²) in [6, 6.07) is 7.48. The third-order valence-corrected chi connectivity index (χ3v) is 5.42. The topological polar surface area (TPSA) is 86.3 Å². The van der Waals surface area contributed by atoms with E-state index in [-0.39, 0.29) is 11.8 Å². The quantitative estimate of drug-likeness (QED) is 0.533. The number of allylic oxidation sites excluding steroid dienone is 2. The number of imide groups is 1. The summed E-state index contributed by atoms with van der Waals surface area (Å²) in [7, 11) is 1.40. The molecule has 2 amide bonds. The molecule has 1 aromatic carbocycles. The number of aromatic nitrogens is 3. The van der Waals surface area contributed by atoms with Crippen molar-refractivity contribution in [3.63, 3.8) is 0 Å². The smallest absolute Gasteiger partial charge is 0.274 e. The van der Waals surface area contributed by atoms with Gasteiger partial charge in [0.15, 0.2) is 0 Å². The van der Waals surface area contributed by atoms with E-state index in [9.17, 15) is 19.2 Å². The molecule has 6 rings (SSSR count). The maximum absolute atomic E-state index is 13.0. The van der Waals surface area contributed by atoms with Crippen LogP contribution < -0.4 is 16.3 Å². The van der Waals surface area contributed by atoms with Crippen molar-refractivity contribution >= 4 is 17.5 Å². The fourth-order valence-electron chi connectivity index (χ4n) is 4.31. The molecule has 1 saturated heterocycles. The molecule has 0 N–H and O–H groups in total. The Balaban J connectivity index is 1.71. The Kier molecular flexibility index (Phi) is 2.54. The summed E-state index contributed by atoms with van der Waals surface area (Å²) in [5.74, 6) is -1.98. The fraction of sp³-hybridized carbons (Fsp3) is 0.294. The van der Waals surface area contributed by atoms with E-state index < -0.39 is 35.3 Å². The molecule has 0 saturated carbocycles. The van der Waals surface area contributed by atoms with Crippen LogP contribution in [0, 0.1) is 11.8 Å². The highest BCUT2D eigenvalue weighted by Crippen LogP contribution is 2.49. The van der Waals surface area contributed by atoms with Crippen molar-refractivity contribution in [3.8, 4) is 0 Å². The maximum Gasteiger partial charge on any atom is 0.347 e. The number of rotatable bonds is 1. The second-order valence-corrected chi connectivity index (χ2v) is 6.58. The van der Waals surface area contributed by atoms with Crippen molar-refractivity contribution < 1.29 is 9.59 Å². The van der Waals surface area contributed by atoms with Gasteiger partial charge in [0.25, 0.3) is 0 Å². The second kappa shape index (κ2) is 4.47. The van der Waals surface area contributed by atoms with Crippen molar-refractivity contribution in [2.75, 3.05) is 4.90 Å². The van der Waals surface area contributed by atoms with Gasteiger partial charge in [0.05, 0.1) is 29.6 Å². The predicted molar refractivity (Wildman–Crippen MR) is 87.1 cm³/mol. The van der Waals surface area contributed by atoms with E-state index >= 15 is 0 Å². The molecular formula is C17H14N4O4. The normalized spacial score (nSPS) is 29.2. The van der Waals surface area contributed by atoms with Gasteiger partial charge in [0.2, 0.25) is 11.8 Å². The minimum atomic E-state index is -0.665. The van der Waals surface area contributed by atoms with Gasteiger partial charge in [0.1, 0.15) is 0 Å². The molecule has 4 atom stereocenters. The molecule has 4 aliphatic rings. The molecule has 2 bridgehead atoms. The summed E-state index contributed by atoms with van der Waals surface area (Å²) in [5.41, 5.74) is -0.432. The molecule has 1 aliphatic carbocycles. The Morgan fingerprint density at radius 1 is 0.760 bits per heavy atom. The van der Waals surface area contributed by atoms with Crippen LogP contribution in [0.4, 0.5) is 5.69 Å². The van der Waals surface area contributed by atoms with Crippen molar-refractivity contribution in [2.24, 2.45) is 18.9 Å². The molecule has 3 aliphatic heterocycles. The molecule has 0 spiro atoms. The second-order valence-electron chi connectivity index (χ2n) is 6.58. The number of benzene rings is 1. The highest BCUT2D eigenvalue weighted by molar-refractivity contribution is 6.22. The summed E-state index contributed by atoms with van der Waals surface area (Å²) in [4.78, 5) is 52.0. The lowest BCUT2D eigenvalue weighted by molar-refractivity contribution is -0.124. The lowest BCUT2D eigenvalue weighted by atomic mass is 9.77. The first-order chi connectivity index (χ1) is 12.0. The average molecular weight is 338 g/mol. The largest absolute Gasteiger partial charge is 0.347 e. The number of carbonyl (C=O) groups excluding carboxylic acids is 2. The first-order valence-corrected chi connectivity index (χ1v) is 8.03. The number of para-hydroxylation sites is 1. The van der Waals surface area contributed by atoms with Crippen LogP contribution in [0.25, 0.3) is 0 Å². The average Bonchev–Trinajstić information content (AvgIpc) is 3.05. The third-order valence-electron chi connectivity index (χ3n) is 5.42. The van der Waals surface area contributed by atoms with Gasteiger partial charge in [-0.3, -0.25) is 9.59 Å². The van der Waals surface area contributed by atoms with Crippen molar-refractivity contribution in [2.45, 2.75) is 12.1 Å². The van der Waals surface area contributed by atoms with Gasteiger partial charge in [-0.05, 0) is 12.1 Å². The van der Waals surface area contributed by atoms with E-state index in [2.05, 4.69) is 0 Å². The molecular weight excluding hydrogens is 324 g/mol. The van der Waals surface area contributed by atoms with E-state index in [1.807, 2.05) is 6.07 Å². The fourth-order valence-corrected chi connectivity index (χ4v) is 4.31. The SMILES string of the molecule is Cn1c(=O)n2n(c1=O)[C@@H]1C=CC2C2C(=O)N(c3ccccc3)C(=O)[C@H]21. The summed E-state index contributed by atoms with van der Waals surface area (Å²) >= 11 is 0. The van der Waals surface area contributed by atoms with E-state index in [1.54, 1.807) is 36.4 Å². The highest BCUT2D eigenvalue weighted by Gasteiger charge is 2.60. The van der Waals surface area contributed by atoms with Crippen molar-refractivity contribution in [1.29, 1.82) is 0 Å². The Labute approximate surface area is 141 Å². The molecule has 1 fully saturated rings. The van der Waals surface area contributed by atoms with E-state index in [4.69, 9.17) is 0 Å². The predicted octanol–water partition coefficient (Wildman–Crippen LogP) is -0.180. The number of amides is 2. The number of anilines is 1. The van der Waals surface area contributed by atoms with Crippen LogP contribution >= 0.6 is 0 Å². The monoisotopic (exact) mass is 338 g/mol. The maximum atomic E-state index is 13.0. The lowest BCUT2D eigenvalue weighted by Gasteiger charge is -2.39. The first-order valence-electron chi connectivity index (χ1n) is 8.03. The summed E-state index contributed by atoms with van der Waals surface area (Å²) < 4.78 is 3.64. The molecule has 1 aromatic heterocycles. The lowest BCUT2D eigenvalue weighted by Crippen LogP contribution is -2.50. The zero-order chi connectivity index (χ0) is 17.5. The van der Waals surface area contributed by atoms with Gasteiger partial charge in [0, 0.05) is 7.05 Å². The van der Waals surface area contributed by atoms with Gasteiger partial charge in [-0.15, -0.1) is 0 Å². The summed E-state index contributed by atoms with van der Waals surface area (Å²) in [6.45, 7) is 0.